The van der Waals surface area contributed by atoms with Crippen molar-refractivity contribution in [3.8, 4) is 0 Å². The molecular weight excluding hydrogens is 516 g/mol. The van der Waals surface area contributed by atoms with Gasteiger partial charge in [0.05, 0.1) is 12.0 Å². The first-order valence-corrected chi connectivity index (χ1v) is 14.3. The summed E-state index contributed by atoms with van der Waals surface area (Å²) in [6.45, 7) is 9.32. The molecule has 9 atom stereocenters. The van der Waals surface area contributed by atoms with Gasteiger partial charge in [0.1, 0.15) is 18.3 Å². The Kier molecular flexibility index (Phi) is 7.94. The zero-order valence-corrected chi connectivity index (χ0v) is 23.7. The molecule has 1 aromatic rings. The minimum Gasteiger partial charge on any atom is -0.462 e. The molecule has 0 radical (unpaired) electrons. The molecule has 4 aliphatic rings. The van der Waals surface area contributed by atoms with Crippen LogP contribution >= 0.6 is 0 Å². The van der Waals surface area contributed by atoms with E-state index in [9.17, 15) is 24.3 Å². The summed E-state index contributed by atoms with van der Waals surface area (Å²) < 4.78 is 17.3. The maximum absolute atomic E-state index is 13.2. The van der Waals surface area contributed by atoms with Crippen molar-refractivity contribution in [2.24, 2.45) is 29.1 Å². The van der Waals surface area contributed by atoms with Crippen LogP contribution in [0.25, 0.3) is 0 Å². The molecule has 0 spiro atoms. The molecule has 1 N–H and O–H groups in total. The number of esters is 3. The van der Waals surface area contributed by atoms with Crippen molar-refractivity contribution < 1.29 is 38.5 Å². The fourth-order valence-corrected chi connectivity index (χ4v) is 7.96. The summed E-state index contributed by atoms with van der Waals surface area (Å²) in [6.07, 6.45) is -1.86. The van der Waals surface area contributed by atoms with Crippen molar-refractivity contribution in [2.75, 3.05) is 32.7 Å². The largest absolute Gasteiger partial charge is 0.462 e. The average molecular weight is 557 g/mol. The monoisotopic (exact) mass is 556 g/mol. The number of rotatable bonds is 5. The van der Waals surface area contributed by atoms with Crippen LogP contribution in [0.1, 0.15) is 50.9 Å². The van der Waals surface area contributed by atoms with Gasteiger partial charge in [-0.2, -0.15) is 0 Å². The van der Waals surface area contributed by atoms with E-state index in [0.717, 1.165) is 0 Å². The number of nitrogens with zero attached hydrogens (tertiary/aromatic N) is 2. The third-order valence-electron chi connectivity index (χ3n) is 9.70. The second-order valence-corrected chi connectivity index (χ2v) is 12.1. The summed E-state index contributed by atoms with van der Waals surface area (Å²) in [6, 6.07) is 9.19. The minimum atomic E-state index is -1.02. The van der Waals surface area contributed by atoms with Gasteiger partial charge in [-0.15, -0.1) is 0 Å². The lowest BCUT2D eigenvalue weighted by Crippen LogP contribution is -2.54. The van der Waals surface area contributed by atoms with Crippen LogP contribution in [-0.4, -0.2) is 95.9 Å². The highest BCUT2D eigenvalue weighted by atomic mass is 16.6. The standard InChI is InChI=1S/C30H40N2O8/c1-17-14-22-25(27(35)30(4)24(39-19(3)34)15-23(26(17)30)38-18(2)33)21(29(37)40-22)16-31-10-12-32(13-11-31)28(36)20-8-6-5-7-9-20/h5-9,17,21-27,35H,10-16H2,1-4H3/t17-,21-,22+,23+,24+,25-,26+,27+,30-/m1/s1. The van der Waals surface area contributed by atoms with Gasteiger partial charge >= 0.3 is 17.9 Å². The Labute approximate surface area is 234 Å². The molecule has 10 heteroatoms. The van der Waals surface area contributed by atoms with Crippen LogP contribution in [0, 0.1) is 29.1 Å². The number of piperazine rings is 1. The average Bonchev–Trinajstić information content (AvgIpc) is 3.33. The van der Waals surface area contributed by atoms with E-state index in [4.69, 9.17) is 14.2 Å². The Hall–Kier alpha value is -2.98. The SMILES string of the molecule is CC(=O)O[C@H]1C[C@H](OC(C)=O)[C@]2(C)[C@H]1[C@H](C)C[C@@H]1OC(=O)[C@H](CN3CCN(C(=O)c4ccccc4)CC3)[C@H]1[C@@H]2O. The number of fused-ring (bicyclic) bond motifs is 2. The fraction of sp³-hybridized carbons (Fsp3) is 0.667. The number of hydrogen-bond acceptors (Lipinski definition) is 9. The highest BCUT2D eigenvalue weighted by Gasteiger charge is 2.67. The third kappa shape index (κ3) is 5.11. The summed E-state index contributed by atoms with van der Waals surface area (Å²) in [5, 5.41) is 12.1. The van der Waals surface area contributed by atoms with Crippen LogP contribution in [0.4, 0.5) is 0 Å². The predicted octanol–water partition coefficient (Wildman–Crippen LogP) is 1.89. The molecule has 0 aromatic heterocycles. The van der Waals surface area contributed by atoms with E-state index in [2.05, 4.69) is 4.90 Å². The summed E-state index contributed by atoms with van der Waals surface area (Å²) in [7, 11) is 0. The topological polar surface area (TPSA) is 123 Å². The maximum Gasteiger partial charge on any atom is 0.311 e. The molecule has 0 unspecified atom stereocenters. The third-order valence-corrected chi connectivity index (χ3v) is 9.70. The van der Waals surface area contributed by atoms with E-state index in [1.807, 2.05) is 49.1 Å². The van der Waals surface area contributed by atoms with E-state index in [-0.39, 0.29) is 23.7 Å². The number of benzene rings is 1. The van der Waals surface area contributed by atoms with Gasteiger partial charge in [0.15, 0.2) is 0 Å². The predicted molar refractivity (Wildman–Crippen MR) is 143 cm³/mol. The quantitative estimate of drug-likeness (QED) is 0.428. The molecule has 2 heterocycles. The number of aliphatic hydroxyl groups is 1. The van der Waals surface area contributed by atoms with E-state index < -0.39 is 53.6 Å². The molecule has 2 saturated carbocycles. The molecule has 218 valence electrons. The molecule has 2 aliphatic heterocycles. The second kappa shape index (κ2) is 11.1. The van der Waals surface area contributed by atoms with Gasteiger partial charge in [-0.25, -0.2) is 0 Å². The van der Waals surface area contributed by atoms with Crippen molar-refractivity contribution in [1.29, 1.82) is 0 Å². The summed E-state index contributed by atoms with van der Waals surface area (Å²) in [5.74, 6) is -2.61. The number of ether oxygens (including phenoxy) is 3. The molecule has 1 amide bonds. The molecular formula is C30H40N2O8. The van der Waals surface area contributed by atoms with Gasteiger partial charge in [-0.3, -0.25) is 24.1 Å². The van der Waals surface area contributed by atoms with Crippen molar-refractivity contribution >= 4 is 23.8 Å². The minimum absolute atomic E-state index is 0.00665. The van der Waals surface area contributed by atoms with Crippen LogP contribution in [0.5, 0.6) is 0 Å². The van der Waals surface area contributed by atoms with E-state index >= 15 is 0 Å². The summed E-state index contributed by atoms with van der Waals surface area (Å²) in [5.41, 5.74) is -0.278. The first kappa shape index (κ1) is 28.5. The Morgan fingerprint density at radius 2 is 1.68 bits per heavy atom. The molecule has 4 fully saturated rings. The molecule has 5 rings (SSSR count). The van der Waals surface area contributed by atoms with E-state index in [1.165, 1.54) is 13.8 Å². The van der Waals surface area contributed by atoms with Crippen molar-refractivity contribution in [1.82, 2.24) is 9.80 Å². The van der Waals surface area contributed by atoms with E-state index in [0.29, 0.717) is 51.1 Å². The van der Waals surface area contributed by atoms with Crippen LogP contribution in [0.3, 0.4) is 0 Å². The number of aliphatic hydroxyl groups excluding tert-OH is 1. The van der Waals surface area contributed by atoms with Crippen molar-refractivity contribution in [2.45, 2.75) is 65.0 Å². The zero-order valence-electron chi connectivity index (χ0n) is 23.7. The lowest BCUT2D eigenvalue weighted by molar-refractivity contribution is -0.165. The highest BCUT2D eigenvalue weighted by Crippen LogP contribution is 2.59. The number of carbonyl (C=O) groups is 4. The smallest absolute Gasteiger partial charge is 0.311 e. The van der Waals surface area contributed by atoms with Crippen molar-refractivity contribution in [3.63, 3.8) is 0 Å². The van der Waals surface area contributed by atoms with Gasteiger partial charge in [0.2, 0.25) is 0 Å². The summed E-state index contributed by atoms with van der Waals surface area (Å²) in [4.78, 5) is 54.1. The lowest BCUT2D eigenvalue weighted by atomic mass is 9.66. The normalized spacial score (nSPS) is 37.6. The van der Waals surface area contributed by atoms with Gasteiger partial charge in [-0.1, -0.05) is 32.0 Å². The Balaban J connectivity index is 1.34. The Morgan fingerprint density at radius 1 is 1.02 bits per heavy atom. The molecule has 1 aromatic carbocycles. The molecule has 40 heavy (non-hydrogen) atoms. The van der Waals surface area contributed by atoms with Gasteiger partial charge < -0.3 is 24.2 Å². The first-order valence-electron chi connectivity index (χ1n) is 14.3. The van der Waals surface area contributed by atoms with Crippen molar-refractivity contribution in [3.05, 3.63) is 35.9 Å². The lowest BCUT2D eigenvalue weighted by Gasteiger charge is -2.43. The summed E-state index contributed by atoms with van der Waals surface area (Å²) >= 11 is 0. The molecule has 2 aliphatic carbocycles. The Bertz CT molecular complexity index is 1140. The fourth-order valence-electron chi connectivity index (χ4n) is 7.96. The van der Waals surface area contributed by atoms with Gasteiger partial charge in [-0.05, 0) is 24.5 Å². The van der Waals surface area contributed by atoms with Crippen LogP contribution in [-0.2, 0) is 28.6 Å². The first-order chi connectivity index (χ1) is 19.0. The highest BCUT2D eigenvalue weighted by molar-refractivity contribution is 5.94. The molecule has 10 nitrogen and oxygen atoms in total. The van der Waals surface area contributed by atoms with E-state index in [1.54, 1.807) is 0 Å². The number of amides is 1. The molecule has 0 bridgehead atoms. The number of carbonyl (C=O) groups excluding carboxylic acids is 4. The van der Waals surface area contributed by atoms with Crippen LogP contribution < -0.4 is 0 Å². The Morgan fingerprint density at radius 3 is 2.30 bits per heavy atom. The second-order valence-electron chi connectivity index (χ2n) is 12.1. The zero-order chi connectivity index (χ0) is 28.8. The molecule has 2 saturated heterocycles. The van der Waals surface area contributed by atoms with Crippen LogP contribution in [0.2, 0.25) is 0 Å². The van der Waals surface area contributed by atoms with Gasteiger partial charge in [0.25, 0.3) is 5.91 Å². The maximum atomic E-state index is 13.2. The van der Waals surface area contributed by atoms with Crippen LogP contribution in [0.15, 0.2) is 30.3 Å². The van der Waals surface area contributed by atoms with Gasteiger partial charge in [0, 0.05) is 75.8 Å². The number of hydrogen-bond donors (Lipinski definition) is 1.